The molecule has 1 aliphatic heterocycles. The fourth-order valence-electron chi connectivity index (χ4n) is 2.24. The fraction of sp³-hybridized carbons (Fsp3) is 0.133. The number of ether oxygens (including phenoxy) is 1. The van der Waals surface area contributed by atoms with E-state index >= 15 is 0 Å². The lowest BCUT2D eigenvalue weighted by Gasteiger charge is -2.12. The Morgan fingerprint density at radius 2 is 1.62 bits per heavy atom. The van der Waals surface area contributed by atoms with E-state index in [-0.39, 0.29) is 22.5 Å². The van der Waals surface area contributed by atoms with Gasteiger partial charge in [-0.05, 0) is 12.1 Å². The number of aryl methyl sites for hydroxylation is 1. The van der Waals surface area contributed by atoms with Crippen LogP contribution >= 0.6 is 0 Å². The Bertz CT molecular complexity index is 850. The van der Waals surface area contributed by atoms with Crippen LogP contribution in [0, 0.1) is 0 Å². The van der Waals surface area contributed by atoms with Crippen LogP contribution in [0.25, 0.3) is 0 Å². The van der Waals surface area contributed by atoms with Gasteiger partial charge in [0.2, 0.25) is 0 Å². The van der Waals surface area contributed by atoms with Gasteiger partial charge in [0.15, 0.2) is 5.69 Å². The number of benzene rings is 1. The standard InChI is InChI=1S/C15H11N3O6/c1-17-11(7-10(16-17)14(21)23-2)15(22)24-18-12(19)8-5-3-4-6-9(8)13(18)20/h3-7H,1-2H3. The predicted octanol–water partition coefficient (Wildman–Crippen LogP) is 0.575. The summed E-state index contributed by atoms with van der Waals surface area (Å²) in [6.45, 7) is 0. The van der Waals surface area contributed by atoms with Crippen molar-refractivity contribution >= 4 is 23.8 Å². The Hall–Kier alpha value is -3.49. The maximum Gasteiger partial charge on any atom is 0.381 e. The van der Waals surface area contributed by atoms with Crippen LogP contribution in [0.3, 0.4) is 0 Å². The van der Waals surface area contributed by atoms with Crippen LogP contribution in [0.2, 0.25) is 0 Å². The van der Waals surface area contributed by atoms with Gasteiger partial charge in [0.1, 0.15) is 5.69 Å². The lowest BCUT2D eigenvalue weighted by atomic mass is 10.1. The van der Waals surface area contributed by atoms with Crippen molar-refractivity contribution in [3.05, 3.63) is 52.8 Å². The molecule has 9 heteroatoms. The zero-order valence-corrected chi connectivity index (χ0v) is 12.7. The molecule has 0 unspecified atom stereocenters. The number of aromatic nitrogens is 2. The normalized spacial score (nSPS) is 13.0. The Morgan fingerprint density at radius 1 is 1.04 bits per heavy atom. The molecule has 2 heterocycles. The van der Waals surface area contributed by atoms with Gasteiger partial charge in [-0.2, -0.15) is 5.10 Å². The minimum Gasteiger partial charge on any atom is -0.464 e. The largest absolute Gasteiger partial charge is 0.464 e. The van der Waals surface area contributed by atoms with Gasteiger partial charge < -0.3 is 9.57 Å². The van der Waals surface area contributed by atoms with Crippen molar-refractivity contribution in [1.82, 2.24) is 14.8 Å². The Morgan fingerprint density at radius 3 is 2.17 bits per heavy atom. The second kappa shape index (κ2) is 5.61. The highest BCUT2D eigenvalue weighted by atomic mass is 16.7. The summed E-state index contributed by atoms with van der Waals surface area (Å²) < 4.78 is 5.60. The smallest absolute Gasteiger partial charge is 0.381 e. The molecule has 24 heavy (non-hydrogen) atoms. The highest BCUT2D eigenvalue weighted by molar-refractivity contribution is 6.21. The summed E-state index contributed by atoms with van der Waals surface area (Å²) >= 11 is 0. The zero-order valence-electron chi connectivity index (χ0n) is 12.7. The summed E-state index contributed by atoms with van der Waals surface area (Å²) in [6, 6.07) is 7.26. The number of rotatable bonds is 3. The van der Waals surface area contributed by atoms with Crippen LogP contribution in [0.4, 0.5) is 0 Å². The minimum atomic E-state index is -1.00. The molecule has 0 atom stereocenters. The number of hydrogen-bond acceptors (Lipinski definition) is 7. The first-order valence-electron chi connectivity index (χ1n) is 6.76. The first-order chi connectivity index (χ1) is 11.4. The van der Waals surface area contributed by atoms with Crippen LogP contribution in [0.5, 0.6) is 0 Å². The van der Waals surface area contributed by atoms with E-state index in [2.05, 4.69) is 9.84 Å². The molecule has 9 nitrogen and oxygen atoms in total. The van der Waals surface area contributed by atoms with E-state index in [1.165, 1.54) is 26.3 Å². The second-order valence-corrected chi connectivity index (χ2v) is 4.86. The van der Waals surface area contributed by atoms with Crippen LogP contribution in [-0.2, 0) is 16.6 Å². The van der Waals surface area contributed by atoms with Gasteiger partial charge in [-0.15, -0.1) is 0 Å². The lowest BCUT2D eigenvalue weighted by Crippen LogP contribution is -2.33. The van der Waals surface area contributed by atoms with Crippen molar-refractivity contribution in [3.63, 3.8) is 0 Å². The van der Waals surface area contributed by atoms with E-state index in [0.717, 1.165) is 10.7 Å². The monoisotopic (exact) mass is 329 g/mol. The Labute approximate surface area is 135 Å². The van der Waals surface area contributed by atoms with Gasteiger partial charge in [0.05, 0.1) is 18.2 Å². The van der Waals surface area contributed by atoms with Crippen molar-refractivity contribution < 1.29 is 28.8 Å². The molecule has 1 aliphatic rings. The van der Waals surface area contributed by atoms with E-state index in [0.29, 0.717) is 5.06 Å². The number of hydroxylamine groups is 2. The summed E-state index contributed by atoms with van der Waals surface area (Å²) in [5.41, 5.74) is 0.0763. The number of hydrogen-bond donors (Lipinski definition) is 0. The van der Waals surface area contributed by atoms with Crippen LogP contribution < -0.4 is 0 Å². The number of carbonyl (C=O) groups excluding carboxylic acids is 4. The number of nitrogens with zero attached hydrogens (tertiary/aromatic N) is 3. The number of methoxy groups -OCH3 is 1. The molecule has 0 saturated heterocycles. The molecule has 0 radical (unpaired) electrons. The highest BCUT2D eigenvalue weighted by Crippen LogP contribution is 2.23. The fourth-order valence-corrected chi connectivity index (χ4v) is 2.24. The summed E-state index contributed by atoms with van der Waals surface area (Å²) in [4.78, 5) is 52.8. The number of amides is 2. The third-order valence-electron chi connectivity index (χ3n) is 3.41. The molecular weight excluding hydrogens is 318 g/mol. The number of esters is 1. The van der Waals surface area contributed by atoms with Crippen molar-refractivity contribution in [2.45, 2.75) is 0 Å². The number of imide groups is 1. The van der Waals surface area contributed by atoms with Gasteiger partial charge in [-0.3, -0.25) is 14.3 Å². The third-order valence-corrected chi connectivity index (χ3v) is 3.41. The summed E-state index contributed by atoms with van der Waals surface area (Å²) in [5.74, 6) is -3.21. The van der Waals surface area contributed by atoms with Crippen LogP contribution in [-0.4, -0.2) is 45.7 Å². The van der Waals surface area contributed by atoms with E-state index in [1.807, 2.05) is 0 Å². The zero-order chi connectivity index (χ0) is 17.4. The molecule has 122 valence electrons. The van der Waals surface area contributed by atoms with Gasteiger partial charge in [0, 0.05) is 13.1 Å². The van der Waals surface area contributed by atoms with Crippen molar-refractivity contribution in [2.24, 2.45) is 7.05 Å². The molecule has 0 spiro atoms. The van der Waals surface area contributed by atoms with Gasteiger partial charge in [-0.1, -0.05) is 17.2 Å². The molecule has 2 aromatic rings. The number of carbonyl (C=O) groups is 4. The maximum atomic E-state index is 12.2. The van der Waals surface area contributed by atoms with Crippen LogP contribution in [0.15, 0.2) is 30.3 Å². The summed E-state index contributed by atoms with van der Waals surface area (Å²) in [7, 11) is 2.58. The quantitative estimate of drug-likeness (QED) is 0.598. The molecule has 1 aromatic heterocycles. The van der Waals surface area contributed by atoms with E-state index < -0.39 is 23.8 Å². The third kappa shape index (κ3) is 2.32. The molecular formula is C15H11N3O6. The molecule has 2 amide bonds. The summed E-state index contributed by atoms with van der Waals surface area (Å²) in [6.07, 6.45) is 0. The SMILES string of the molecule is COC(=O)c1cc(C(=O)ON2C(=O)c3ccccc3C2=O)n(C)n1. The molecule has 0 aliphatic carbocycles. The lowest BCUT2D eigenvalue weighted by molar-refractivity contribution is -0.0591. The Kier molecular flexibility index (Phi) is 3.60. The molecule has 1 aromatic carbocycles. The van der Waals surface area contributed by atoms with Gasteiger partial charge in [0.25, 0.3) is 11.8 Å². The van der Waals surface area contributed by atoms with E-state index in [9.17, 15) is 19.2 Å². The van der Waals surface area contributed by atoms with E-state index in [4.69, 9.17) is 4.84 Å². The number of fused-ring (bicyclic) bond motifs is 1. The van der Waals surface area contributed by atoms with Gasteiger partial charge >= 0.3 is 11.9 Å². The first-order valence-corrected chi connectivity index (χ1v) is 6.76. The first kappa shape index (κ1) is 15.4. The topological polar surface area (TPSA) is 108 Å². The molecule has 0 fully saturated rings. The van der Waals surface area contributed by atoms with Crippen molar-refractivity contribution in [2.75, 3.05) is 7.11 Å². The van der Waals surface area contributed by atoms with E-state index in [1.54, 1.807) is 12.1 Å². The molecule has 0 saturated carbocycles. The molecule has 3 rings (SSSR count). The minimum absolute atomic E-state index is 0.102. The average Bonchev–Trinajstić information content (AvgIpc) is 3.08. The molecule has 0 N–H and O–H groups in total. The predicted molar refractivity (Wildman–Crippen MR) is 76.9 cm³/mol. The maximum absolute atomic E-state index is 12.2. The second-order valence-electron chi connectivity index (χ2n) is 4.86. The van der Waals surface area contributed by atoms with Gasteiger partial charge in [-0.25, -0.2) is 9.59 Å². The van der Waals surface area contributed by atoms with Crippen molar-refractivity contribution in [3.8, 4) is 0 Å². The van der Waals surface area contributed by atoms with Crippen LogP contribution in [0.1, 0.15) is 41.7 Å². The highest BCUT2D eigenvalue weighted by Gasteiger charge is 2.39. The Balaban J connectivity index is 1.84. The average molecular weight is 329 g/mol. The van der Waals surface area contributed by atoms with Crippen molar-refractivity contribution in [1.29, 1.82) is 0 Å². The molecule has 0 bridgehead atoms. The summed E-state index contributed by atoms with van der Waals surface area (Å²) in [5, 5.41) is 4.19.